The smallest absolute Gasteiger partial charge is 0.282 e. The molecule has 0 atom stereocenters. The fourth-order valence-electron chi connectivity index (χ4n) is 1.09. The Morgan fingerprint density at radius 3 is 3.00 bits per heavy atom. The van der Waals surface area contributed by atoms with Crippen molar-refractivity contribution in [1.82, 2.24) is 9.38 Å². The van der Waals surface area contributed by atoms with E-state index in [9.17, 15) is 4.79 Å². The minimum Gasteiger partial charge on any atom is -0.393 e. The standard InChI is InChI=1S/C8H6ClN3O/c9-6-2-1-3-7-11-4-5(10)8(13)12(6)7/h1-4H,10H2. The summed E-state index contributed by atoms with van der Waals surface area (Å²) in [5.41, 5.74) is 5.64. The summed E-state index contributed by atoms with van der Waals surface area (Å²) in [5.74, 6) is 0. The number of nitrogen functional groups attached to an aromatic ring is 1. The van der Waals surface area contributed by atoms with Crippen molar-refractivity contribution in [2.75, 3.05) is 5.73 Å². The topological polar surface area (TPSA) is 60.4 Å². The molecule has 2 N–H and O–H groups in total. The van der Waals surface area contributed by atoms with Crippen molar-refractivity contribution in [2.45, 2.75) is 0 Å². The molecule has 0 bridgehead atoms. The second-order valence-electron chi connectivity index (χ2n) is 2.56. The van der Waals surface area contributed by atoms with Crippen molar-refractivity contribution in [3.05, 3.63) is 39.9 Å². The van der Waals surface area contributed by atoms with Crippen molar-refractivity contribution in [3.63, 3.8) is 0 Å². The van der Waals surface area contributed by atoms with Gasteiger partial charge in [-0.15, -0.1) is 0 Å². The van der Waals surface area contributed by atoms with Gasteiger partial charge in [0.05, 0.1) is 6.20 Å². The Hall–Kier alpha value is -1.55. The van der Waals surface area contributed by atoms with Gasteiger partial charge in [0.25, 0.3) is 5.56 Å². The molecule has 2 aromatic heterocycles. The Morgan fingerprint density at radius 1 is 1.46 bits per heavy atom. The minimum atomic E-state index is -0.337. The molecule has 0 spiro atoms. The number of nitrogens with two attached hydrogens (primary N) is 1. The van der Waals surface area contributed by atoms with Crippen molar-refractivity contribution < 1.29 is 0 Å². The van der Waals surface area contributed by atoms with E-state index in [1.165, 1.54) is 10.6 Å². The Bertz CT molecular complexity index is 520. The molecular weight excluding hydrogens is 190 g/mol. The second-order valence-corrected chi connectivity index (χ2v) is 2.95. The number of halogens is 1. The number of rotatable bonds is 0. The van der Waals surface area contributed by atoms with Crippen LogP contribution in [0.1, 0.15) is 0 Å². The maximum atomic E-state index is 11.5. The highest BCUT2D eigenvalue weighted by Gasteiger charge is 2.03. The molecule has 0 aliphatic rings. The molecule has 0 aliphatic heterocycles. The van der Waals surface area contributed by atoms with E-state index in [0.29, 0.717) is 10.8 Å². The van der Waals surface area contributed by atoms with Gasteiger partial charge in [0, 0.05) is 0 Å². The van der Waals surface area contributed by atoms with Gasteiger partial charge in [0.15, 0.2) is 0 Å². The van der Waals surface area contributed by atoms with Crippen molar-refractivity contribution in [3.8, 4) is 0 Å². The molecule has 66 valence electrons. The van der Waals surface area contributed by atoms with E-state index in [1.54, 1.807) is 18.2 Å². The van der Waals surface area contributed by atoms with Gasteiger partial charge in [-0.3, -0.25) is 4.79 Å². The third-order valence-corrected chi connectivity index (χ3v) is 2.00. The molecule has 0 fully saturated rings. The molecule has 0 aromatic carbocycles. The molecule has 4 nitrogen and oxygen atoms in total. The van der Waals surface area contributed by atoms with Crippen LogP contribution in [0.2, 0.25) is 5.15 Å². The first-order valence-corrected chi connectivity index (χ1v) is 4.00. The molecule has 2 rings (SSSR count). The van der Waals surface area contributed by atoms with Crippen LogP contribution < -0.4 is 11.3 Å². The lowest BCUT2D eigenvalue weighted by Crippen LogP contribution is -2.18. The molecule has 0 unspecified atom stereocenters. The van der Waals surface area contributed by atoms with Crippen LogP contribution in [-0.2, 0) is 0 Å². The quantitative estimate of drug-likeness (QED) is 0.637. The van der Waals surface area contributed by atoms with Crippen LogP contribution in [-0.4, -0.2) is 9.38 Å². The van der Waals surface area contributed by atoms with Crippen LogP contribution in [0.5, 0.6) is 0 Å². The van der Waals surface area contributed by atoms with Crippen LogP contribution in [0, 0.1) is 0 Å². The molecule has 2 aromatic rings. The third-order valence-electron chi connectivity index (χ3n) is 1.71. The number of hydrogen-bond donors (Lipinski definition) is 1. The van der Waals surface area contributed by atoms with Crippen LogP contribution in [0.3, 0.4) is 0 Å². The zero-order chi connectivity index (χ0) is 9.42. The zero-order valence-corrected chi connectivity index (χ0v) is 7.32. The number of aromatic nitrogens is 2. The number of fused-ring (bicyclic) bond motifs is 1. The normalized spacial score (nSPS) is 10.5. The number of anilines is 1. The SMILES string of the molecule is Nc1cnc2cccc(Cl)n2c1=O. The van der Waals surface area contributed by atoms with Gasteiger partial charge in [0.1, 0.15) is 16.5 Å². The number of pyridine rings is 1. The summed E-state index contributed by atoms with van der Waals surface area (Å²) in [6, 6.07) is 5.02. The lowest BCUT2D eigenvalue weighted by Gasteiger charge is -2.01. The molecule has 0 saturated heterocycles. The van der Waals surface area contributed by atoms with E-state index in [1.807, 2.05) is 0 Å². The number of hydrogen-bond acceptors (Lipinski definition) is 3. The van der Waals surface area contributed by atoms with Crippen molar-refractivity contribution in [2.24, 2.45) is 0 Å². The minimum absolute atomic E-state index is 0.0885. The summed E-state index contributed by atoms with van der Waals surface area (Å²) in [6.07, 6.45) is 1.33. The van der Waals surface area contributed by atoms with Crippen LogP contribution in [0.25, 0.3) is 5.65 Å². The maximum absolute atomic E-state index is 11.5. The fraction of sp³-hybridized carbons (Fsp3) is 0. The average molecular weight is 196 g/mol. The summed E-state index contributed by atoms with van der Waals surface area (Å²) < 4.78 is 1.26. The Balaban J connectivity index is 3.06. The predicted molar refractivity (Wildman–Crippen MR) is 50.9 cm³/mol. The van der Waals surface area contributed by atoms with E-state index in [0.717, 1.165) is 0 Å². The van der Waals surface area contributed by atoms with Gasteiger partial charge in [-0.2, -0.15) is 0 Å². The largest absolute Gasteiger partial charge is 0.393 e. The molecule has 2 heterocycles. The predicted octanol–water partition coefficient (Wildman–Crippen LogP) is 0.930. The Morgan fingerprint density at radius 2 is 2.23 bits per heavy atom. The first kappa shape index (κ1) is 8.07. The van der Waals surface area contributed by atoms with Crippen LogP contribution in [0.15, 0.2) is 29.2 Å². The first-order chi connectivity index (χ1) is 6.20. The van der Waals surface area contributed by atoms with Gasteiger partial charge in [0.2, 0.25) is 0 Å². The van der Waals surface area contributed by atoms with Gasteiger partial charge in [-0.1, -0.05) is 17.7 Å². The summed E-state index contributed by atoms with van der Waals surface area (Å²) in [6.45, 7) is 0. The third kappa shape index (κ3) is 1.15. The molecular formula is C8H6ClN3O. The van der Waals surface area contributed by atoms with Crippen molar-refractivity contribution >= 4 is 22.9 Å². The van der Waals surface area contributed by atoms with Gasteiger partial charge in [-0.25, -0.2) is 9.38 Å². The van der Waals surface area contributed by atoms with Crippen LogP contribution in [0.4, 0.5) is 5.69 Å². The Labute approximate surface area is 78.6 Å². The first-order valence-electron chi connectivity index (χ1n) is 3.62. The average Bonchev–Trinajstić information content (AvgIpc) is 2.12. The van der Waals surface area contributed by atoms with E-state index in [2.05, 4.69) is 4.98 Å². The number of nitrogens with zero attached hydrogens (tertiary/aromatic N) is 2. The highest BCUT2D eigenvalue weighted by Crippen LogP contribution is 2.08. The summed E-state index contributed by atoms with van der Waals surface area (Å²) in [7, 11) is 0. The van der Waals surface area contributed by atoms with E-state index >= 15 is 0 Å². The van der Waals surface area contributed by atoms with Gasteiger partial charge >= 0.3 is 0 Å². The molecule has 0 amide bonds. The summed E-state index contributed by atoms with van der Waals surface area (Å²) in [4.78, 5) is 15.4. The zero-order valence-electron chi connectivity index (χ0n) is 6.57. The Kier molecular flexibility index (Phi) is 1.70. The summed E-state index contributed by atoms with van der Waals surface area (Å²) in [5, 5.41) is 0.308. The van der Waals surface area contributed by atoms with Crippen molar-refractivity contribution in [1.29, 1.82) is 0 Å². The van der Waals surface area contributed by atoms with E-state index < -0.39 is 0 Å². The molecule has 5 heteroatoms. The lowest BCUT2D eigenvalue weighted by atomic mass is 10.4. The van der Waals surface area contributed by atoms with E-state index in [-0.39, 0.29) is 11.2 Å². The molecule has 0 aliphatic carbocycles. The molecule has 0 saturated carbocycles. The van der Waals surface area contributed by atoms with Crippen LogP contribution >= 0.6 is 11.6 Å². The fourth-order valence-corrected chi connectivity index (χ4v) is 1.33. The van der Waals surface area contributed by atoms with E-state index in [4.69, 9.17) is 17.3 Å². The lowest BCUT2D eigenvalue weighted by molar-refractivity contribution is 1.05. The molecule has 13 heavy (non-hydrogen) atoms. The maximum Gasteiger partial charge on any atom is 0.282 e. The second kappa shape index (κ2) is 2.74. The van der Waals surface area contributed by atoms with Gasteiger partial charge in [-0.05, 0) is 12.1 Å². The molecule has 0 radical (unpaired) electrons. The monoisotopic (exact) mass is 195 g/mol. The summed E-state index contributed by atoms with van der Waals surface area (Å²) >= 11 is 5.80. The highest BCUT2D eigenvalue weighted by atomic mass is 35.5. The highest BCUT2D eigenvalue weighted by molar-refractivity contribution is 6.29. The van der Waals surface area contributed by atoms with Gasteiger partial charge < -0.3 is 5.73 Å².